The summed E-state index contributed by atoms with van der Waals surface area (Å²) in [4.78, 5) is 16.2. The molecular weight excluding hydrogens is 280 g/mol. The molecule has 0 saturated heterocycles. The van der Waals surface area contributed by atoms with Crippen LogP contribution in [0.3, 0.4) is 0 Å². The maximum Gasteiger partial charge on any atom is 0.401 e. The highest BCUT2D eigenvalue weighted by molar-refractivity contribution is 5.94. The predicted octanol–water partition coefficient (Wildman–Crippen LogP) is 1.65. The minimum atomic E-state index is -4.40. The van der Waals surface area contributed by atoms with E-state index in [-0.39, 0.29) is 25.2 Å². The van der Waals surface area contributed by atoms with Crippen molar-refractivity contribution in [3.8, 4) is 0 Å². The SMILES string of the molecule is O=C(CCN(CCO)CC(F)(F)F)c1ccc(F)cn1. The quantitative estimate of drug-likeness (QED) is 0.614. The molecule has 1 rings (SSSR count). The molecule has 1 N–H and O–H groups in total. The van der Waals surface area contributed by atoms with Crippen molar-refractivity contribution in [2.45, 2.75) is 12.6 Å². The lowest BCUT2D eigenvalue weighted by molar-refractivity contribution is -0.146. The summed E-state index contributed by atoms with van der Waals surface area (Å²) in [5.41, 5.74) is 0.00218. The van der Waals surface area contributed by atoms with E-state index in [4.69, 9.17) is 5.11 Å². The van der Waals surface area contributed by atoms with Gasteiger partial charge in [-0.15, -0.1) is 0 Å². The Morgan fingerprint density at radius 1 is 1.30 bits per heavy atom. The van der Waals surface area contributed by atoms with E-state index in [0.717, 1.165) is 17.2 Å². The van der Waals surface area contributed by atoms with Gasteiger partial charge in [-0.2, -0.15) is 13.2 Å². The van der Waals surface area contributed by atoms with Gasteiger partial charge in [0.05, 0.1) is 19.3 Å². The van der Waals surface area contributed by atoms with Gasteiger partial charge in [-0.3, -0.25) is 14.7 Å². The van der Waals surface area contributed by atoms with Gasteiger partial charge in [0.1, 0.15) is 11.5 Å². The van der Waals surface area contributed by atoms with Crippen molar-refractivity contribution < 1.29 is 27.5 Å². The van der Waals surface area contributed by atoms with Gasteiger partial charge >= 0.3 is 6.18 Å². The Kier molecular flexibility index (Phi) is 6.03. The number of aliphatic hydroxyl groups excluding tert-OH is 1. The Labute approximate surface area is 113 Å². The average Bonchev–Trinajstić information content (AvgIpc) is 2.35. The molecule has 0 aliphatic carbocycles. The van der Waals surface area contributed by atoms with E-state index in [1.807, 2.05) is 0 Å². The first-order chi connectivity index (χ1) is 9.31. The Morgan fingerprint density at radius 3 is 2.50 bits per heavy atom. The summed E-state index contributed by atoms with van der Waals surface area (Å²) in [6.45, 7) is -1.96. The molecular formula is C12H14F4N2O2. The average molecular weight is 294 g/mol. The Balaban J connectivity index is 2.54. The second-order valence-electron chi connectivity index (χ2n) is 4.15. The number of rotatable bonds is 7. The number of nitrogens with zero attached hydrogens (tertiary/aromatic N) is 2. The summed E-state index contributed by atoms with van der Waals surface area (Å²) in [6, 6.07) is 2.24. The maximum atomic E-state index is 12.6. The summed E-state index contributed by atoms with van der Waals surface area (Å²) < 4.78 is 49.4. The number of halogens is 4. The lowest BCUT2D eigenvalue weighted by Crippen LogP contribution is -2.37. The van der Waals surface area contributed by atoms with Gasteiger partial charge < -0.3 is 5.11 Å². The molecule has 20 heavy (non-hydrogen) atoms. The van der Waals surface area contributed by atoms with Crippen LogP contribution in [0.4, 0.5) is 17.6 Å². The fourth-order valence-electron chi connectivity index (χ4n) is 1.59. The van der Waals surface area contributed by atoms with Crippen LogP contribution in [0.5, 0.6) is 0 Å². The van der Waals surface area contributed by atoms with Crippen LogP contribution in [0.2, 0.25) is 0 Å². The van der Waals surface area contributed by atoms with Crippen LogP contribution in [0.1, 0.15) is 16.9 Å². The third kappa shape index (κ3) is 6.07. The molecule has 1 aromatic heterocycles. The van der Waals surface area contributed by atoms with Gasteiger partial charge in [0, 0.05) is 19.5 Å². The summed E-state index contributed by atoms with van der Waals surface area (Å²) in [5, 5.41) is 8.70. The third-order valence-electron chi connectivity index (χ3n) is 2.49. The number of pyridine rings is 1. The Hall–Kier alpha value is -1.54. The number of Topliss-reactive ketones (excluding diaryl/α,β-unsaturated/α-hetero) is 1. The normalized spacial score (nSPS) is 11.9. The first kappa shape index (κ1) is 16.5. The summed E-state index contributed by atoms with van der Waals surface area (Å²) in [5.74, 6) is -1.07. The number of ketones is 1. The van der Waals surface area contributed by atoms with Crippen molar-refractivity contribution in [1.82, 2.24) is 9.88 Å². The molecule has 0 spiro atoms. The second kappa shape index (κ2) is 7.30. The molecule has 0 aromatic carbocycles. The molecule has 1 heterocycles. The van der Waals surface area contributed by atoms with Crippen LogP contribution in [-0.2, 0) is 0 Å². The van der Waals surface area contributed by atoms with Gasteiger partial charge in [-0.25, -0.2) is 4.39 Å². The van der Waals surface area contributed by atoms with Gasteiger partial charge in [0.25, 0.3) is 0 Å². The van der Waals surface area contributed by atoms with Crippen LogP contribution in [0.25, 0.3) is 0 Å². The number of alkyl halides is 3. The van der Waals surface area contributed by atoms with Crippen LogP contribution in [-0.4, -0.2) is 53.2 Å². The summed E-state index contributed by atoms with van der Waals surface area (Å²) in [7, 11) is 0. The molecule has 0 aliphatic rings. The lowest BCUT2D eigenvalue weighted by Gasteiger charge is -2.22. The van der Waals surface area contributed by atoms with E-state index in [9.17, 15) is 22.4 Å². The number of carbonyl (C=O) groups excluding carboxylic acids is 1. The predicted molar refractivity (Wildman–Crippen MR) is 62.7 cm³/mol. The molecule has 0 saturated carbocycles. The van der Waals surface area contributed by atoms with Crippen LogP contribution in [0.15, 0.2) is 18.3 Å². The van der Waals surface area contributed by atoms with E-state index in [1.54, 1.807) is 0 Å². The third-order valence-corrected chi connectivity index (χ3v) is 2.49. The van der Waals surface area contributed by atoms with Gasteiger partial charge in [0.15, 0.2) is 5.78 Å². The van der Waals surface area contributed by atoms with E-state index in [2.05, 4.69) is 4.98 Å². The monoisotopic (exact) mass is 294 g/mol. The Bertz CT molecular complexity index is 434. The zero-order chi connectivity index (χ0) is 15.2. The standard InChI is InChI=1S/C12H14F4N2O2/c13-9-1-2-10(17-7-9)11(20)3-4-18(5-6-19)8-12(14,15)16/h1-2,7,19H,3-6,8H2. The van der Waals surface area contributed by atoms with Gasteiger partial charge in [-0.1, -0.05) is 0 Å². The molecule has 112 valence electrons. The summed E-state index contributed by atoms with van der Waals surface area (Å²) >= 11 is 0. The van der Waals surface area contributed by atoms with Crippen molar-refractivity contribution >= 4 is 5.78 Å². The molecule has 0 amide bonds. The molecule has 0 bridgehead atoms. The molecule has 0 unspecified atom stereocenters. The zero-order valence-electron chi connectivity index (χ0n) is 10.5. The second-order valence-corrected chi connectivity index (χ2v) is 4.15. The maximum absolute atomic E-state index is 12.6. The molecule has 0 radical (unpaired) electrons. The number of aliphatic hydroxyl groups is 1. The molecule has 4 nitrogen and oxygen atoms in total. The smallest absolute Gasteiger partial charge is 0.395 e. The van der Waals surface area contributed by atoms with E-state index in [1.165, 1.54) is 6.07 Å². The molecule has 1 aromatic rings. The first-order valence-corrected chi connectivity index (χ1v) is 5.86. The van der Waals surface area contributed by atoms with Crippen LogP contribution >= 0.6 is 0 Å². The highest BCUT2D eigenvalue weighted by Gasteiger charge is 2.30. The molecule has 8 heteroatoms. The Morgan fingerprint density at radius 2 is 2.00 bits per heavy atom. The first-order valence-electron chi connectivity index (χ1n) is 5.86. The van der Waals surface area contributed by atoms with Crippen molar-refractivity contribution in [2.75, 3.05) is 26.2 Å². The highest BCUT2D eigenvalue weighted by Crippen LogP contribution is 2.16. The van der Waals surface area contributed by atoms with Crippen molar-refractivity contribution in [2.24, 2.45) is 0 Å². The minimum absolute atomic E-state index is 0.00218. The van der Waals surface area contributed by atoms with Crippen LogP contribution < -0.4 is 0 Å². The molecule has 0 aliphatic heterocycles. The van der Waals surface area contributed by atoms with E-state index in [0.29, 0.717) is 0 Å². The lowest BCUT2D eigenvalue weighted by atomic mass is 10.2. The number of carbonyl (C=O) groups is 1. The van der Waals surface area contributed by atoms with E-state index >= 15 is 0 Å². The molecule has 0 atom stereocenters. The van der Waals surface area contributed by atoms with Gasteiger partial charge in [-0.05, 0) is 12.1 Å². The van der Waals surface area contributed by atoms with Gasteiger partial charge in [0.2, 0.25) is 0 Å². The van der Waals surface area contributed by atoms with Crippen molar-refractivity contribution in [3.63, 3.8) is 0 Å². The minimum Gasteiger partial charge on any atom is -0.395 e. The fraction of sp³-hybridized carbons (Fsp3) is 0.500. The van der Waals surface area contributed by atoms with Crippen molar-refractivity contribution in [3.05, 3.63) is 29.8 Å². The molecule has 0 fully saturated rings. The number of hydrogen-bond donors (Lipinski definition) is 1. The summed E-state index contributed by atoms with van der Waals surface area (Å²) in [6.07, 6.45) is -3.71. The highest BCUT2D eigenvalue weighted by atomic mass is 19.4. The largest absolute Gasteiger partial charge is 0.401 e. The zero-order valence-corrected chi connectivity index (χ0v) is 10.5. The number of hydrogen-bond acceptors (Lipinski definition) is 4. The van der Waals surface area contributed by atoms with Crippen molar-refractivity contribution in [1.29, 1.82) is 0 Å². The fourth-order valence-corrected chi connectivity index (χ4v) is 1.59. The van der Waals surface area contributed by atoms with E-state index < -0.39 is 30.9 Å². The topological polar surface area (TPSA) is 53.4 Å². The van der Waals surface area contributed by atoms with Crippen LogP contribution in [0, 0.1) is 5.82 Å². The number of aromatic nitrogens is 1.